The minimum absolute atomic E-state index is 0.201. The third kappa shape index (κ3) is 3.79. The smallest absolute Gasteiger partial charge is 0.167 e. The van der Waals surface area contributed by atoms with E-state index < -0.39 is 18.5 Å². The molecule has 0 bridgehead atoms. The molecular weight excluding hydrogens is 499 g/mol. The molecule has 3 fully saturated rings. The lowest BCUT2D eigenvalue weighted by molar-refractivity contribution is -0.0309. The van der Waals surface area contributed by atoms with E-state index in [0.29, 0.717) is 33.8 Å². The predicted octanol–water partition coefficient (Wildman–Crippen LogP) is 4.24. The number of alkyl halides is 1. The van der Waals surface area contributed by atoms with Crippen molar-refractivity contribution < 1.29 is 13.9 Å². The fourth-order valence-electron chi connectivity index (χ4n) is 5.71. The molecule has 198 valence electrons. The van der Waals surface area contributed by atoms with Gasteiger partial charge in [0.15, 0.2) is 6.23 Å². The second kappa shape index (κ2) is 8.12. The van der Waals surface area contributed by atoms with Gasteiger partial charge in [0.05, 0.1) is 22.7 Å². The van der Waals surface area contributed by atoms with Crippen LogP contribution in [-0.2, 0) is 11.8 Å². The number of hydrogen-bond donors (Lipinski definition) is 2. The Hall–Kier alpha value is -4.25. The molecule has 3 N–H and O–H groups in total. The van der Waals surface area contributed by atoms with Crippen molar-refractivity contribution in [2.45, 2.75) is 43.3 Å². The molecule has 11 heteroatoms. The lowest BCUT2D eigenvalue weighted by atomic mass is 10.2. The van der Waals surface area contributed by atoms with Crippen LogP contribution in [0.15, 0.2) is 55.1 Å². The van der Waals surface area contributed by atoms with E-state index in [4.69, 9.17) is 20.2 Å². The maximum Gasteiger partial charge on any atom is 0.167 e. The van der Waals surface area contributed by atoms with Gasteiger partial charge in [-0.15, -0.1) is 0 Å². The number of halogens is 1. The Bertz CT molecular complexity index is 1740. The van der Waals surface area contributed by atoms with Gasteiger partial charge in [-0.2, -0.15) is 5.10 Å². The fraction of sp³-hybridized carbons (Fsp3) is 0.357. The van der Waals surface area contributed by atoms with Gasteiger partial charge in [-0.05, 0) is 49.1 Å². The number of aromatic nitrogens is 6. The summed E-state index contributed by atoms with van der Waals surface area (Å²) in [6.45, 7) is 0.217. The number of nitrogens with two attached hydrogens (primary N) is 1. The van der Waals surface area contributed by atoms with E-state index in [1.54, 1.807) is 15.4 Å². The first-order valence-corrected chi connectivity index (χ1v) is 13.2. The van der Waals surface area contributed by atoms with Crippen LogP contribution < -0.4 is 15.8 Å². The molecule has 5 aromatic rings. The standard InChI is InChI=1S/C28H27FN8O2/c1-36-7-6-21(35-36)19-12-37(26-24(19)25(30)31-14-32-26)27-20(29)8-18(39-27)13-38-17-4-2-15-3-5-23(33-22(15)9-17)34-28-10-16(28)11-28/h2-7,9,12,14,16,18,20,27H,8,10-11,13H2,1H3,(H,33,34)(H2,30,31,32). The maximum absolute atomic E-state index is 15.4. The number of ether oxygens (including phenoxy) is 2. The highest BCUT2D eigenvalue weighted by molar-refractivity contribution is 5.99. The molecule has 0 amide bonds. The van der Waals surface area contributed by atoms with E-state index >= 15 is 4.39 Å². The summed E-state index contributed by atoms with van der Waals surface area (Å²) in [6, 6.07) is 11.8. The van der Waals surface area contributed by atoms with E-state index in [-0.39, 0.29) is 13.0 Å². The van der Waals surface area contributed by atoms with Crippen molar-refractivity contribution in [2.75, 3.05) is 17.7 Å². The van der Waals surface area contributed by atoms with Gasteiger partial charge in [-0.3, -0.25) is 4.68 Å². The second-order valence-electron chi connectivity index (χ2n) is 10.9. The summed E-state index contributed by atoms with van der Waals surface area (Å²) in [7, 11) is 1.84. The molecule has 3 aliphatic rings. The first kappa shape index (κ1) is 22.7. The molecule has 1 aliphatic heterocycles. The van der Waals surface area contributed by atoms with Crippen molar-refractivity contribution in [3.63, 3.8) is 0 Å². The third-order valence-electron chi connectivity index (χ3n) is 8.19. The highest BCUT2D eigenvalue weighted by Crippen LogP contribution is 2.68. The zero-order valence-corrected chi connectivity index (χ0v) is 21.3. The van der Waals surface area contributed by atoms with Crippen LogP contribution in [0.5, 0.6) is 5.75 Å². The Morgan fingerprint density at radius 1 is 1.21 bits per heavy atom. The molecule has 3 atom stereocenters. The Morgan fingerprint density at radius 3 is 2.85 bits per heavy atom. The molecule has 10 nitrogen and oxygen atoms in total. The summed E-state index contributed by atoms with van der Waals surface area (Å²) in [5, 5.41) is 9.73. The highest BCUT2D eigenvalue weighted by Gasteiger charge is 2.70. The van der Waals surface area contributed by atoms with Crippen LogP contribution in [0.1, 0.15) is 25.5 Å². The first-order chi connectivity index (χ1) is 19.0. The topological polar surface area (TPSA) is 118 Å². The van der Waals surface area contributed by atoms with Gasteiger partial charge in [0.25, 0.3) is 0 Å². The predicted molar refractivity (Wildman–Crippen MR) is 144 cm³/mol. The van der Waals surface area contributed by atoms with Crippen molar-refractivity contribution in [3.05, 3.63) is 55.1 Å². The van der Waals surface area contributed by atoms with Crippen LogP contribution in [0.3, 0.4) is 0 Å². The Labute approximate surface area is 223 Å². The molecule has 0 radical (unpaired) electrons. The van der Waals surface area contributed by atoms with E-state index in [9.17, 15) is 0 Å². The summed E-state index contributed by atoms with van der Waals surface area (Å²) in [5.74, 6) is 2.71. The van der Waals surface area contributed by atoms with E-state index in [1.807, 2.05) is 43.6 Å². The zero-order valence-electron chi connectivity index (χ0n) is 21.3. The summed E-state index contributed by atoms with van der Waals surface area (Å²) in [6.07, 6.45) is 5.16. The van der Waals surface area contributed by atoms with Crippen LogP contribution in [0, 0.1) is 5.92 Å². The first-order valence-electron chi connectivity index (χ1n) is 13.2. The SMILES string of the molecule is Cn1ccc(-c2cn(C3OC(COc4ccc5ccc(NC67CC6C7)nc5c4)CC3F)c3ncnc(N)c23)n1. The van der Waals surface area contributed by atoms with Crippen LogP contribution in [0.25, 0.3) is 33.2 Å². The van der Waals surface area contributed by atoms with E-state index in [1.165, 1.54) is 19.2 Å². The number of rotatable bonds is 7. The third-order valence-corrected chi connectivity index (χ3v) is 8.19. The average Bonchev–Trinajstić information content (AvgIpc) is 3.50. The molecule has 5 heterocycles. The van der Waals surface area contributed by atoms with Crippen molar-refractivity contribution in [3.8, 4) is 17.0 Å². The van der Waals surface area contributed by atoms with Gasteiger partial charge in [0.2, 0.25) is 0 Å². The number of anilines is 2. The van der Waals surface area contributed by atoms with Crippen molar-refractivity contribution >= 4 is 33.6 Å². The lowest BCUT2D eigenvalue weighted by Gasteiger charge is -2.17. The van der Waals surface area contributed by atoms with Gasteiger partial charge in [0.1, 0.15) is 42.1 Å². The number of nitrogen functional groups attached to an aromatic ring is 1. The monoisotopic (exact) mass is 526 g/mol. The summed E-state index contributed by atoms with van der Waals surface area (Å²) >= 11 is 0. The molecule has 4 aromatic heterocycles. The maximum atomic E-state index is 15.4. The van der Waals surface area contributed by atoms with Crippen LogP contribution in [-0.4, -0.2) is 53.7 Å². The fourth-order valence-corrected chi connectivity index (χ4v) is 5.71. The molecule has 1 saturated heterocycles. The highest BCUT2D eigenvalue weighted by atomic mass is 19.1. The van der Waals surface area contributed by atoms with Gasteiger partial charge < -0.3 is 25.1 Å². The van der Waals surface area contributed by atoms with Crippen LogP contribution in [0.4, 0.5) is 16.0 Å². The molecule has 39 heavy (non-hydrogen) atoms. The number of aryl methyl sites for hydroxylation is 1. The number of nitrogens with zero attached hydrogens (tertiary/aromatic N) is 6. The van der Waals surface area contributed by atoms with Crippen molar-refractivity contribution in [2.24, 2.45) is 13.0 Å². The zero-order chi connectivity index (χ0) is 26.3. The minimum atomic E-state index is -1.25. The number of benzene rings is 1. The number of hydrogen-bond acceptors (Lipinski definition) is 8. The summed E-state index contributed by atoms with van der Waals surface area (Å²) < 4.78 is 31.0. The van der Waals surface area contributed by atoms with Gasteiger partial charge in [-0.25, -0.2) is 19.3 Å². The molecule has 2 aliphatic carbocycles. The normalized spacial score (nSPS) is 27.1. The average molecular weight is 527 g/mol. The number of nitrogens with one attached hydrogen (secondary N) is 1. The molecule has 8 rings (SSSR count). The molecule has 2 saturated carbocycles. The Morgan fingerprint density at radius 2 is 2.05 bits per heavy atom. The summed E-state index contributed by atoms with van der Waals surface area (Å²) in [4.78, 5) is 13.3. The Balaban J connectivity index is 1.01. The van der Waals surface area contributed by atoms with Crippen LogP contribution in [0.2, 0.25) is 0 Å². The molecule has 3 unspecified atom stereocenters. The Kier molecular flexibility index (Phi) is 4.73. The number of pyridine rings is 1. The molecule has 0 spiro atoms. The quantitative estimate of drug-likeness (QED) is 0.323. The van der Waals surface area contributed by atoms with E-state index in [0.717, 1.165) is 28.2 Å². The minimum Gasteiger partial charge on any atom is -0.491 e. The van der Waals surface area contributed by atoms with Gasteiger partial charge in [-0.1, -0.05) is 0 Å². The van der Waals surface area contributed by atoms with E-state index in [2.05, 4.69) is 26.4 Å². The van der Waals surface area contributed by atoms with Crippen LogP contribution >= 0.6 is 0 Å². The number of fused-ring (bicyclic) bond motifs is 3. The van der Waals surface area contributed by atoms with Crippen molar-refractivity contribution in [1.29, 1.82) is 0 Å². The molecular formula is C28H27FN8O2. The van der Waals surface area contributed by atoms with Gasteiger partial charge in [0, 0.05) is 48.4 Å². The molecule has 1 aromatic carbocycles. The van der Waals surface area contributed by atoms with Crippen molar-refractivity contribution in [1.82, 2.24) is 29.3 Å². The lowest BCUT2D eigenvalue weighted by Crippen LogP contribution is -2.19. The van der Waals surface area contributed by atoms with Gasteiger partial charge >= 0.3 is 0 Å². The second-order valence-corrected chi connectivity index (χ2v) is 10.9. The summed E-state index contributed by atoms with van der Waals surface area (Å²) in [5.41, 5.74) is 9.32. The largest absolute Gasteiger partial charge is 0.491 e.